The van der Waals surface area contributed by atoms with Crippen LogP contribution in [0.2, 0.25) is 0 Å². The van der Waals surface area contributed by atoms with Gasteiger partial charge in [0.2, 0.25) is 0 Å². The Hall–Kier alpha value is -3.87. The first-order chi connectivity index (χ1) is 23.0. The zero-order valence-electron chi connectivity index (χ0n) is 26.3. The fourth-order valence-electron chi connectivity index (χ4n) is 9.13. The second-order valence-electron chi connectivity index (χ2n) is 13.9. The maximum absolute atomic E-state index is 16.9. The predicted octanol–water partition coefficient (Wildman–Crippen LogP) is 7.37. The molecular formula is C35H35F6N5O2. The summed E-state index contributed by atoms with van der Waals surface area (Å²) in [5.41, 5.74) is -0.362. The molecule has 4 aliphatic rings. The molecule has 8 rings (SSSR count). The molecule has 2 aromatic heterocycles. The van der Waals surface area contributed by atoms with Crippen molar-refractivity contribution in [3.63, 3.8) is 0 Å². The summed E-state index contributed by atoms with van der Waals surface area (Å²) >= 11 is 0. The number of phenolic OH excluding ortho intramolecular Hbond substituents is 1. The number of halogens is 6. The largest absolute Gasteiger partial charge is 0.508 e. The van der Waals surface area contributed by atoms with E-state index in [0.717, 1.165) is 19.4 Å². The highest BCUT2D eigenvalue weighted by molar-refractivity contribution is 6.01. The summed E-state index contributed by atoms with van der Waals surface area (Å²) in [7, 11) is 0. The van der Waals surface area contributed by atoms with Crippen LogP contribution in [0.25, 0.3) is 32.9 Å². The van der Waals surface area contributed by atoms with Crippen molar-refractivity contribution in [2.45, 2.75) is 63.3 Å². The summed E-state index contributed by atoms with van der Waals surface area (Å²) < 4.78 is 94.4. The maximum atomic E-state index is 16.9. The smallest absolute Gasteiger partial charge is 0.392 e. The highest BCUT2D eigenvalue weighted by Crippen LogP contribution is 2.51. The normalized spacial score (nSPS) is 27.4. The van der Waals surface area contributed by atoms with Gasteiger partial charge in [0.25, 0.3) is 0 Å². The van der Waals surface area contributed by atoms with Crippen LogP contribution in [-0.4, -0.2) is 75.6 Å². The number of aryl methyl sites for hydroxylation is 1. The average Bonchev–Trinajstić information content (AvgIpc) is 3.67. The van der Waals surface area contributed by atoms with E-state index in [1.807, 2.05) is 0 Å². The van der Waals surface area contributed by atoms with Crippen molar-refractivity contribution in [1.82, 2.24) is 19.9 Å². The molecule has 0 amide bonds. The first-order valence-electron chi connectivity index (χ1n) is 16.6. The van der Waals surface area contributed by atoms with Gasteiger partial charge in [0.15, 0.2) is 5.82 Å². The molecule has 5 heterocycles. The number of piperidine rings is 1. The highest BCUT2D eigenvalue weighted by atomic mass is 19.4. The van der Waals surface area contributed by atoms with Crippen molar-refractivity contribution in [3.05, 3.63) is 47.7 Å². The lowest BCUT2D eigenvalue weighted by Crippen LogP contribution is -2.47. The van der Waals surface area contributed by atoms with Gasteiger partial charge < -0.3 is 14.7 Å². The van der Waals surface area contributed by atoms with E-state index in [0.29, 0.717) is 48.6 Å². The standard InChI is InChI=1S/C35H35F6N5O2/c1-2-23-26(37)7-6-18-10-22(47)11-24(27(18)23)30-29(38)31-25(13-42-30)32(45-14-19-4-5-20(15-45)28(19)35(39,40)41)44-33(43-31)48-17-34-8-3-9-46(34)16-21(36)12-34/h6-7,10-11,13,19-21,28,47H,2-5,8-9,12,14-17H2,1H3/t19?,20?,21-,28?,34+/m1/s1. The summed E-state index contributed by atoms with van der Waals surface area (Å²) in [5.74, 6) is -3.96. The van der Waals surface area contributed by atoms with Gasteiger partial charge in [-0.15, -0.1) is 0 Å². The number of aromatic nitrogens is 3. The van der Waals surface area contributed by atoms with E-state index in [1.165, 1.54) is 30.5 Å². The van der Waals surface area contributed by atoms with Crippen LogP contribution in [0.1, 0.15) is 44.6 Å². The predicted molar refractivity (Wildman–Crippen MR) is 168 cm³/mol. The van der Waals surface area contributed by atoms with Gasteiger partial charge in [0.05, 0.1) is 16.8 Å². The number of benzene rings is 2. The summed E-state index contributed by atoms with van der Waals surface area (Å²) in [5, 5.41) is 11.7. The number of aromatic hydroxyl groups is 1. The number of alkyl halides is 4. The fourth-order valence-corrected chi connectivity index (χ4v) is 9.13. The summed E-state index contributed by atoms with van der Waals surface area (Å²) in [6.45, 7) is 3.06. The summed E-state index contributed by atoms with van der Waals surface area (Å²) in [4.78, 5) is 17.4. The number of nitrogens with zero attached hydrogens (tertiary/aromatic N) is 5. The number of pyridine rings is 1. The Morgan fingerprint density at radius 2 is 1.83 bits per heavy atom. The second kappa shape index (κ2) is 11.3. The zero-order chi connectivity index (χ0) is 33.5. The molecule has 2 aromatic carbocycles. The van der Waals surface area contributed by atoms with Crippen molar-refractivity contribution >= 4 is 27.5 Å². The number of hydrogen-bond acceptors (Lipinski definition) is 7. The molecule has 4 fully saturated rings. The summed E-state index contributed by atoms with van der Waals surface area (Å²) in [6.07, 6.45) is -0.854. The maximum Gasteiger partial charge on any atom is 0.392 e. The van der Waals surface area contributed by atoms with Crippen molar-refractivity contribution in [2.24, 2.45) is 17.8 Å². The van der Waals surface area contributed by atoms with Gasteiger partial charge in [0.1, 0.15) is 41.4 Å². The highest BCUT2D eigenvalue weighted by Gasteiger charge is 2.55. The Labute approximate surface area is 272 Å². The molecule has 1 N–H and O–H groups in total. The van der Waals surface area contributed by atoms with Gasteiger partial charge in [-0.05, 0) is 85.0 Å². The van der Waals surface area contributed by atoms with Crippen LogP contribution in [0.15, 0.2) is 30.5 Å². The van der Waals surface area contributed by atoms with Gasteiger partial charge in [-0.25, -0.2) is 13.2 Å². The van der Waals surface area contributed by atoms with Crippen LogP contribution in [0.3, 0.4) is 0 Å². The number of phenols is 1. The molecule has 7 nitrogen and oxygen atoms in total. The quantitative estimate of drug-likeness (QED) is 0.215. The number of ether oxygens (including phenoxy) is 1. The Bertz CT molecular complexity index is 1910. The van der Waals surface area contributed by atoms with E-state index in [4.69, 9.17) is 4.74 Å². The van der Waals surface area contributed by atoms with Crippen LogP contribution < -0.4 is 9.64 Å². The Morgan fingerprint density at radius 3 is 2.56 bits per heavy atom. The van der Waals surface area contributed by atoms with Crippen molar-refractivity contribution in [2.75, 3.05) is 37.7 Å². The summed E-state index contributed by atoms with van der Waals surface area (Å²) in [6, 6.07) is 5.45. The third kappa shape index (κ3) is 5.02. The Balaban J connectivity index is 1.26. The Morgan fingerprint density at radius 1 is 1.06 bits per heavy atom. The molecule has 3 aliphatic heterocycles. The minimum absolute atomic E-state index is 0.0766. The third-order valence-corrected chi connectivity index (χ3v) is 11.1. The second-order valence-corrected chi connectivity index (χ2v) is 13.9. The van der Waals surface area contributed by atoms with Crippen molar-refractivity contribution < 1.29 is 36.2 Å². The zero-order valence-corrected chi connectivity index (χ0v) is 26.3. The molecular weight excluding hydrogens is 636 g/mol. The monoisotopic (exact) mass is 671 g/mol. The number of anilines is 1. The fraction of sp³-hybridized carbons (Fsp3) is 0.514. The van der Waals surface area contributed by atoms with Crippen LogP contribution in [0.5, 0.6) is 11.8 Å². The minimum atomic E-state index is -4.31. The molecule has 254 valence electrons. The lowest BCUT2D eigenvalue weighted by Gasteiger charge is -2.39. The van der Waals surface area contributed by atoms with Crippen LogP contribution >= 0.6 is 0 Å². The van der Waals surface area contributed by atoms with E-state index in [9.17, 15) is 27.1 Å². The lowest BCUT2D eigenvalue weighted by atomic mass is 9.84. The molecule has 48 heavy (non-hydrogen) atoms. The molecule has 0 spiro atoms. The van der Waals surface area contributed by atoms with Crippen molar-refractivity contribution in [3.8, 4) is 23.0 Å². The molecule has 4 aromatic rings. The SMILES string of the molecule is CCc1c(F)ccc2cc(O)cc(-c3ncc4c(N5CC6CCC(C5)C6C(F)(F)F)nc(OC[C@@]56CCCN5C[C@H](F)C6)nc4c3F)c12. The number of fused-ring (bicyclic) bond motifs is 5. The van der Waals surface area contributed by atoms with Gasteiger partial charge >= 0.3 is 12.2 Å². The molecule has 3 saturated heterocycles. The van der Waals surface area contributed by atoms with Gasteiger partial charge in [0, 0.05) is 37.8 Å². The first kappa shape index (κ1) is 31.4. The molecule has 4 atom stereocenters. The Kier molecular flexibility index (Phi) is 7.42. The van der Waals surface area contributed by atoms with E-state index in [-0.39, 0.29) is 59.4 Å². The van der Waals surface area contributed by atoms with Gasteiger partial charge in [-0.3, -0.25) is 9.88 Å². The molecule has 13 heteroatoms. The molecule has 1 aliphatic carbocycles. The number of hydrogen-bond donors (Lipinski definition) is 1. The van der Waals surface area contributed by atoms with Crippen LogP contribution in [-0.2, 0) is 6.42 Å². The number of rotatable bonds is 6. The molecule has 2 unspecified atom stereocenters. The van der Waals surface area contributed by atoms with Crippen molar-refractivity contribution in [1.29, 1.82) is 0 Å². The minimum Gasteiger partial charge on any atom is -0.508 e. The molecule has 0 radical (unpaired) electrons. The molecule has 2 bridgehead atoms. The first-order valence-corrected chi connectivity index (χ1v) is 16.6. The van der Waals surface area contributed by atoms with Gasteiger partial charge in [-0.2, -0.15) is 23.1 Å². The van der Waals surface area contributed by atoms with E-state index in [1.54, 1.807) is 11.8 Å². The lowest BCUT2D eigenvalue weighted by molar-refractivity contribution is -0.196. The average molecular weight is 672 g/mol. The van der Waals surface area contributed by atoms with Crippen LogP contribution in [0.4, 0.5) is 32.2 Å². The third-order valence-electron chi connectivity index (χ3n) is 11.1. The topological polar surface area (TPSA) is 74.6 Å². The van der Waals surface area contributed by atoms with E-state index < -0.39 is 47.3 Å². The van der Waals surface area contributed by atoms with Gasteiger partial charge in [-0.1, -0.05) is 13.0 Å². The molecule has 1 saturated carbocycles. The van der Waals surface area contributed by atoms with E-state index in [2.05, 4.69) is 19.9 Å². The van der Waals surface area contributed by atoms with E-state index >= 15 is 4.39 Å². The van der Waals surface area contributed by atoms with Crippen LogP contribution in [0, 0.1) is 29.4 Å².